The highest BCUT2D eigenvalue weighted by molar-refractivity contribution is 5.78. The van der Waals surface area contributed by atoms with Gasteiger partial charge in [0.1, 0.15) is 12.1 Å². The number of fused-ring (bicyclic) bond motifs is 2. The van der Waals surface area contributed by atoms with Gasteiger partial charge in [-0.3, -0.25) is 9.55 Å². The molecule has 5 rings (SSSR count). The first kappa shape index (κ1) is 15.5. The second-order valence-electron chi connectivity index (χ2n) is 6.61. The highest BCUT2D eigenvalue weighted by atomic mass is 15.2. The highest BCUT2D eigenvalue weighted by Gasteiger charge is 2.18. The second-order valence-corrected chi connectivity index (χ2v) is 6.61. The summed E-state index contributed by atoms with van der Waals surface area (Å²) in [5.74, 6) is 1.58. The molecule has 4 aromatic rings. The topological polar surface area (TPSA) is 70.6 Å². The van der Waals surface area contributed by atoms with Crippen LogP contribution >= 0.6 is 0 Å². The van der Waals surface area contributed by atoms with Gasteiger partial charge >= 0.3 is 0 Å². The van der Waals surface area contributed by atoms with E-state index in [0.717, 1.165) is 42.2 Å². The molecular formula is C21H16N6. The van der Waals surface area contributed by atoms with E-state index in [1.807, 2.05) is 16.8 Å². The molecule has 0 bridgehead atoms. The van der Waals surface area contributed by atoms with Gasteiger partial charge in [-0.2, -0.15) is 5.26 Å². The summed E-state index contributed by atoms with van der Waals surface area (Å²) in [6.07, 6.45) is 6.28. The summed E-state index contributed by atoms with van der Waals surface area (Å²) in [6, 6.07) is 16.2. The number of aromatic nitrogens is 4. The van der Waals surface area contributed by atoms with E-state index in [9.17, 15) is 0 Å². The van der Waals surface area contributed by atoms with Crippen LogP contribution in [0.1, 0.15) is 16.7 Å². The Kier molecular flexibility index (Phi) is 3.58. The molecule has 3 heterocycles. The van der Waals surface area contributed by atoms with Gasteiger partial charge in [-0.05, 0) is 35.7 Å². The van der Waals surface area contributed by atoms with Crippen LogP contribution in [-0.2, 0) is 13.0 Å². The largest absolute Gasteiger partial charge is 0.351 e. The van der Waals surface area contributed by atoms with Crippen molar-refractivity contribution in [1.29, 1.82) is 5.26 Å². The van der Waals surface area contributed by atoms with Gasteiger partial charge in [-0.15, -0.1) is 0 Å². The third-order valence-corrected chi connectivity index (χ3v) is 4.99. The van der Waals surface area contributed by atoms with Crippen molar-refractivity contribution in [1.82, 2.24) is 19.5 Å². The zero-order valence-corrected chi connectivity index (χ0v) is 14.6. The van der Waals surface area contributed by atoms with Gasteiger partial charge in [-0.25, -0.2) is 9.97 Å². The Balaban J connectivity index is 1.51. The number of nitrogens with zero attached hydrogens (tertiary/aromatic N) is 6. The maximum atomic E-state index is 9.06. The summed E-state index contributed by atoms with van der Waals surface area (Å²) < 4.78 is 1.91. The van der Waals surface area contributed by atoms with Gasteiger partial charge in [0.05, 0.1) is 35.1 Å². The van der Waals surface area contributed by atoms with Crippen LogP contribution in [-0.4, -0.2) is 26.1 Å². The SMILES string of the molecule is N#Cc1ccc2c(c1)ncn2-c1cncc(N2CCc3ccccc3C2)n1. The van der Waals surface area contributed by atoms with Crippen molar-refractivity contribution in [3.8, 4) is 11.9 Å². The number of rotatable bonds is 2. The Morgan fingerprint density at radius 3 is 2.74 bits per heavy atom. The molecule has 0 radical (unpaired) electrons. The Morgan fingerprint density at radius 1 is 1.00 bits per heavy atom. The molecule has 6 nitrogen and oxygen atoms in total. The van der Waals surface area contributed by atoms with Crippen LogP contribution in [0.15, 0.2) is 61.2 Å². The van der Waals surface area contributed by atoms with Crippen molar-refractivity contribution in [2.75, 3.05) is 11.4 Å². The van der Waals surface area contributed by atoms with E-state index in [1.165, 1.54) is 11.1 Å². The lowest BCUT2D eigenvalue weighted by molar-refractivity contribution is 0.716. The van der Waals surface area contributed by atoms with Crippen molar-refractivity contribution < 1.29 is 0 Å². The maximum absolute atomic E-state index is 9.06. The van der Waals surface area contributed by atoms with Crippen molar-refractivity contribution in [2.24, 2.45) is 0 Å². The Hall–Kier alpha value is -3.72. The van der Waals surface area contributed by atoms with Gasteiger partial charge in [0, 0.05) is 13.1 Å². The molecule has 0 saturated heterocycles. The average Bonchev–Trinajstić information content (AvgIpc) is 3.16. The molecule has 0 N–H and O–H groups in total. The summed E-state index contributed by atoms with van der Waals surface area (Å²) in [6.45, 7) is 1.76. The smallest absolute Gasteiger partial charge is 0.159 e. The van der Waals surface area contributed by atoms with Crippen LogP contribution in [0.5, 0.6) is 0 Å². The molecule has 130 valence electrons. The molecule has 1 aliphatic heterocycles. The van der Waals surface area contributed by atoms with E-state index < -0.39 is 0 Å². The van der Waals surface area contributed by atoms with Crippen LogP contribution in [0.2, 0.25) is 0 Å². The number of hydrogen-bond donors (Lipinski definition) is 0. The Labute approximate surface area is 156 Å². The van der Waals surface area contributed by atoms with E-state index in [2.05, 4.69) is 45.2 Å². The minimum Gasteiger partial charge on any atom is -0.351 e. The Morgan fingerprint density at radius 2 is 1.85 bits per heavy atom. The lowest BCUT2D eigenvalue weighted by atomic mass is 10.0. The van der Waals surface area contributed by atoms with E-state index >= 15 is 0 Å². The fourth-order valence-corrected chi connectivity index (χ4v) is 3.57. The molecule has 0 aliphatic carbocycles. The van der Waals surface area contributed by atoms with Crippen molar-refractivity contribution in [3.05, 3.63) is 77.9 Å². The number of anilines is 1. The molecule has 0 saturated carbocycles. The third-order valence-electron chi connectivity index (χ3n) is 4.99. The zero-order chi connectivity index (χ0) is 18.2. The Bertz CT molecular complexity index is 1190. The predicted molar refractivity (Wildman–Crippen MR) is 103 cm³/mol. The van der Waals surface area contributed by atoms with Crippen molar-refractivity contribution in [3.63, 3.8) is 0 Å². The van der Waals surface area contributed by atoms with Gasteiger partial charge in [-0.1, -0.05) is 24.3 Å². The highest BCUT2D eigenvalue weighted by Crippen LogP contribution is 2.24. The molecule has 1 aliphatic rings. The van der Waals surface area contributed by atoms with Crippen LogP contribution in [0.25, 0.3) is 16.9 Å². The molecule has 2 aromatic carbocycles. The fourth-order valence-electron chi connectivity index (χ4n) is 3.57. The van der Waals surface area contributed by atoms with E-state index in [0.29, 0.717) is 5.56 Å². The standard InChI is InChI=1S/C21H16N6/c22-10-15-5-6-19-18(9-15)24-14-27(19)21-12-23-11-20(25-21)26-8-7-16-3-1-2-4-17(16)13-26/h1-6,9,11-12,14H,7-8,13H2. The first-order valence-electron chi connectivity index (χ1n) is 8.83. The quantitative estimate of drug-likeness (QED) is 0.554. The minimum absolute atomic E-state index is 0.597. The van der Waals surface area contributed by atoms with Gasteiger partial charge in [0.25, 0.3) is 0 Å². The fraction of sp³-hybridized carbons (Fsp3) is 0.143. The van der Waals surface area contributed by atoms with Crippen LogP contribution in [0, 0.1) is 11.3 Å². The van der Waals surface area contributed by atoms with Gasteiger partial charge in [0.15, 0.2) is 5.82 Å². The van der Waals surface area contributed by atoms with Gasteiger partial charge in [0.2, 0.25) is 0 Å². The molecule has 0 fully saturated rings. The molecule has 0 atom stereocenters. The molecular weight excluding hydrogens is 336 g/mol. The number of hydrogen-bond acceptors (Lipinski definition) is 5. The van der Waals surface area contributed by atoms with Gasteiger partial charge < -0.3 is 4.90 Å². The molecule has 0 unspecified atom stereocenters. The zero-order valence-electron chi connectivity index (χ0n) is 14.6. The van der Waals surface area contributed by atoms with Crippen molar-refractivity contribution >= 4 is 16.9 Å². The lowest BCUT2D eigenvalue weighted by Gasteiger charge is -2.29. The van der Waals surface area contributed by atoms with Crippen molar-refractivity contribution in [2.45, 2.75) is 13.0 Å². The summed E-state index contributed by atoms with van der Waals surface area (Å²) in [4.78, 5) is 15.9. The molecule has 27 heavy (non-hydrogen) atoms. The number of nitriles is 1. The monoisotopic (exact) mass is 352 g/mol. The summed E-state index contributed by atoms with van der Waals surface area (Å²) in [7, 11) is 0. The average molecular weight is 352 g/mol. The van der Waals surface area contributed by atoms with Crippen LogP contribution in [0.3, 0.4) is 0 Å². The predicted octanol–water partition coefficient (Wildman–Crippen LogP) is 3.25. The first-order chi connectivity index (χ1) is 13.3. The normalized spacial score (nSPS) is 13.4. The molecule has 2 aromatic heterocycles. The number of benzene rings is 2. The summed E-state index contributed by atoms with van der Waals surface area (Å²) >= 11 is 0. The van der Waals surface area contributed by atoms with Crippen LogP contribution in [0.4, 0.5) is 5.82 Å². The van der Waals surface area contributed by atoms with E-state index in [4.69, 9.17) is 10.2 Å². The number of imidazole rings is 1. The second kappa shape index (κ2) is 6.22. The maximum Gasteiger partial charge on any atom is 0.159 e. The minimum atomic E-state index is 0.597. The van der Waals surface area contributed by atoms with E-state index in [-0.39, 0.29) is 0 Å². The summed E-state index contributed by atoms with van der Waals surface area (Å²) in [5.41, 5.74) is 5.02. The molecule has 0 spiro atoms. The van der Waals surface area contributed by atoms with E-state index in [1.54, 1.807) is 24.7 Å². The third kappa shape index (κ3) is 2.70. The summed E-state index contributed by atoms with van der Waals surface area (Å²) in [5, 5.41) is 9.06. The van der Waals surface area contributed by atoms with Crippen LogP contribution < -0.4 is 4.90 Å². The molecule has 0 amide bonds. The lowest BCUT2D eigenvalue weighted by Crippen LogP contribution is -2.31. The molecule has 6 heteroatoms. The first-order valence-corrected chi connectivity index (χ1v) is 8.83.